The molecule has 0 saturated carbocycles. The number of anilines is 1. The first-order chi connectivity index (χ1) is 6.22. The molecule has 0 aliphatic carbocycles. The topological polar surface area (TPSA) is 26.8 Å². The van der Waals surface area contributed by atoms with Gasteiger partial charge < -0.3 is 4.90 Å². The zero-order valence-corrected chi connectivity index (χ0v) is 8.18. The molecular weight excluding hydrogens is 207 g/mol. The van der Waals surface area contributed by atoms with Gasteiger partial charge in [0, 0.05) is 5.69 Å². The third-order valence-electron chi connectivity index (χ3n) is 2.00. The van der Waals surface area contributed by atoms with Crippen LogP contribution < -0.4 is 4.90 Å². The highest BCUT2D eigenvalue weighted by Crippen LogP contribution is 2.32. The maximum Gasteiger partial charge on any atom is 0.134 e. The van der Waals surface area contributed by atoms with E-state index in [-0.39, 0.29) is 6.04 Å². The van der Waals surface area contributed by atoms with E-state index in [0.717, 1.165) is 12.2 Å². The summed E-state index contributed by atoms with van der Waals surface area (Å²) in [5.74, 6) is 0. The van der Waals surface area contributed by atoms with Crippen LogP contribution in [0.1, 0.15) is 0 Å². The van der Waals surface area contributed by atoms with Gasteiger partial charge in [0.25, 0.3) is 0 Å². The molecule has 1 aliphatic heterocycles. The molecule has 1 atom stereocenters. The van der Waals surface area contributed by atoms with Crippen LogP contribution in [0.4, 0.5) is 5.69 Å². The van der Waals surface area contributed by atoms with Gasteiger partial charge in [0.15, 0.2) is 0 Å². The second-order valence-corrected chi connectivity index (χ2v) is 3.71. The fourth-order valence-corrected chi connectivity index (χ4v) is 1.49. The van der Waals surface area contributed by atoms with Crippen molar-refractivity contribution in [2.75, 3.05) is 11.4 Å². The van der Waals surface area contributed by atoms with Crippen LogP contribution in [0, 0.1) is 11.3 Å². The second-order valence-electron chi connectivity index (χ2n) is 2.90. The van der Waals surface area contributed by atoms with Crippen LogP contribution in [0.5, 0.6) is 0 Å². The molecular formula is C9H6Cl2N2. The lowest BCUT2D eigenvalue weighted by Crippen LogP contribution is -1.95. The Bertz CT molecular complexity index is 384. The van der Waals surface area contributed by atoms with Crippen LogP contribution >= 0.6 is 23.2 Å². The third-order valence-corrected chi connectivity index (χ3v) is 2.74. The smallest absolute Gasteiger partial charge is 0.134 e. The Kier molecular flexibility index (Phi) is 2.07. The Morgan fingerprint density at radius 3 is 2.69 bits per heavy atom. The monoisotopic (exact) mass is 212 g/mol. The molecule has 1 aromatic carbocycles. The minimum absolute atomic E-state index is 0.0113. The lowest BCUT2D eigenvalue weighted by Gasteiger charge is -2.03. The van der Waals surface area contributed by atoms with E-state index < -0.39 is 0 Å². The number of rotatable bonds is 1. The Balaban J connectivity index is 2.25. The van der Waals surface area contributed by atoms with Gasteiger partial charge in [-0.1, -0.05) is 23.2 Å². The predicted molar refractivity (Wildman–Crippen MR) is 53.2 cm³/mol. The highest BCUT2D eigenvalue weighted by molar-refractivity contribution is 6.42. The highest BCUT2D eigenvalue weighted by Gasteiger charge is 2.34. The second kappa shape index (κ2) is 3.10. The van der Waals surface area contributed by atoms with Gasteiger partial charge in [-0.25, -0.2) is 0 Å². The van der Waals surface area contributed by atoms with Crippen molar-refractivity contribution in [2.45, 2.75) is 6.04 Å². The Morgan fingerprint density at radius 1 is 1.38 bits per heavy atom. The summed E-state index contributed by atoms with van der Waals surface area (Å²) < 4.78 is 0. The van der Waals surface area contributed by atoms with Gasteiger partial charge in [0.1, 0.15) is 6.04 Å². The maximum atomic E-state index is 8.61. The van der Waals surface area contributed by atoms with E-state index in [1.807, 2.05) is 11.0 Å². The highest BCUT2D eigenvalue weighted by atomic mass is 35.5. The largest absolute Gasteiger partial charge is 0.351 e. The minimum atomic E-state index is 0.0113. The molecule has 1 unspecified atom stereocenters. The molecule has 0 radical (unpaired) electrons. The minimum Gasteiger partial charge on any atom is -0.351 e. The third kappa shape index (κ3) is 1.58. The molecule has 0 amide bonds. The van der Waals surface area contributed by atoms with Gasteiger partial charge in [0.05, 0.1) is 22.7 Å². The molecule has 1 aromatic rings. The first-order valence-corrected chi connectivity index (χ1v) is 4.59. The molecule has 1 aliphatic rings. The molecule has 0 bridgehead atoms. The molecule has 1 fully saturated rings. The van der Waals surface area contributed by atoms with Crippen LogP contribution in [-0.2, 0) is 0 Å². The average Bonchev–Trinajstić information content (AvgIpc) is 2.88. The van der Waals surface area contributed by atoms with Crippen molar-refractivity contribution in [3.63, 3.8) is 0 Å². The summed E-state index contributed by atoms with van der Waals surface area (Å²) >= 11 is 11.6. The predicted octanol–water partition coefficient (Wildman–Crippen LogP) is 2.71. The standard InChI is InChI=1S/C9H6Cl2N2/c10-8-2-1-6(3-9(8)11)13-5-7(13)4-12/h1-3,7H,5H2. The first kappa shape index (κ1) is 8.68. The molecule has 1 saturated heterocycles. The number of hydrogen-bond donors (Lipinski definition) is 0. The van der Waals surface area contributed by atoms with E-state index in [9.17, 15) is 0 Å². The van der Waals surface area contributed by atoms with Crippen LogP contribution in [0.2, 0.25) is 10.0 Å². The van der Waals surface area contributed by atoms with Crippen LogP contribution in [0.15, 0.2) is 18.2 Å². The lowest BCUT2D eigenvalue weighted by atomic mass is 10.3. The SMILES string of the molecule is N#CC1CN1c1ccc(Cl)c(Cl)c1. The van der Waals surface area contributed by atoms with E-state index in [0.29, 0.717) is 10.0 Å². The maximum absolute atomic E-state index is 8.61. The number of halogens is 2. The molecule has 1 heterocycles. The number of benzene rings is 1. The van der Waals surface area contributed by atoms with Crippen molar-refractivity contribution in [2.24, 2.45) is 0 Å². The van der Waals surface area contributed by atoms with Crippen molar-refractivity contribution in [3.8, 4) is 6.07 Å². The number of hydrogen-bond acceptors (Lipinski definition) is 2. The normalized spacial score (nSPS) is 19.8. The van der Waals surface area contributed by atoms with Crippen molar-refractivity contribution in [1.29, 1.82) is 5.26 Å². The average molecular weight is 213 g/mol. The summed E-state index contributed by atoms with van der Waals surface area (Å²) in [5.41, 5.74) is 0.959. The van der Waals surface area contributed by atoms with Crippen molar-refractivity contribution < 1.29 is 0 Å². The molecule has 0 aromatic heterocycles. The Labute approximate surface area is 86.3 Å². The fourth-order valence-electron chi connectivity index (χ4n) is 1.20. The van der Waals surface area contributed by atoms with Crippen molar-refractivity contribution >= 4 is 28.9 Å². The zero-order chi connectivity index (χ0) is 9.42. The van der Waals surface area contributed by atoms with Gasteiger partial charge in [-0.2, -0.15) is 5.26 Å². The zero-order valence-electron chi connectivity index (χ0n) is 6.67. The van der Waals surface area contributed by atoms with Gasteiger partial charge >= 0.3 is 0 Å². The summed E-state index contributed by atoms with van der Waals surface area (Å²) in [6.07, 6.45) is 0. The molecule has 2 nitrogen and oxygen atoms in total. The summed E-state index contributed by atoms with van der Waals surface area (Å²) in [7, 11) is 0. The molecule has 66 valence electrons. The van der Waals surface area contributed by atoms with Gasteiger partial charge in [0.2, 0.25) is 0 Å². The van der Waals surface area contributed by atoms with E-state index in [4.69, 9.17) is 28.5 Å². The Hall–Kier alpha value is -0.910. The molecule has 0 spiro atoms. The lowest BCUT2D eigenvalue weighted by molar-refractivity contribution is 1.26. The van der Waals surface area contributed by atoms with E-state index in [1.165, 1.54) is 0 Å². The molecule has 13 heavy (non-hydrogen) atoms. The van der Waals surface area contributed by atoms with Gasteiger partial charge in [-0.15, -0.1) is 0 Å². The Morgan fingerprint density at radius 2 is 2.15 bits per heavy atom. The van der Waals surface area contributed by atoms with Crippen molar-refractivity contribution in [1.82, 2.24) is 0 Å². The molecule has 0 N–H and O–H groups in total. The summed E-state index contributed by atoms with van der Waals surface area (Å²) in [6.45, 7) is 0.786. The summed E-state index contributed by atoms with van der Waals surface area (Å²) in [6, 6.07) is 7.57. The van der Waals surface area contributed by atoms with E-state index >= 15 is 0 Å². The summed E-state index contributed by atoms with van der Waals surface area (Å²) in [5, 5.41) is 9.68. The quantitative estimate of drug-likeness (QED) is 0.670. The number of nitrogens with zero attached hydrogens (tertiary/aromatic N) is 2. The van der Waals surface area contributed by atoms with Crippen LogP contribution in [0.25, 0.3) is 0 Å². The number of nitriles is 1. The van der Waals surface area contributed by atoms with E-state index in [2.05, 4.69) is 6.07 Å². The summed E-state index contributed by atoms with van der Waals surface area (Å²) in [4.78, 5) is 1.96. The molecule has 4 heteroatoms. The fraction of sp³-hybridized carbons (Fsp3) is 0.222. The van der Waals surface area contributed by atoms with Crippen LogP contribution in [0.3, 0.4) is 0 Å². The van der Waals surface area contributed by atoms with Crippen LogP contribution in [-0.4, -0.2) is 12.6 Å². The van der Waals surface area contributed by atoms with Gasteiger partial charge in [-0.3, -0.25) is 0 Å². The van der Waals surface area contributed by atoms with Crippen molar-refractivity contribution in [3.05, 3.63) is 28.2 Å². The molecule has 2 rings (SSSR count). The van der Waals surface area contributed by atoms with E-state index in [1.54, 1.807) is 12.1 Å². The first-order valence-electron chi connectivity index (χ1n) is 3.83. The van der Waals surface area contributed by atoms with Gasteiger partial charge in [-0.05, 0) is 18.2 Å².